The van der Waals surface area contributed by atoms with Crippen molar-refractivity contribution in [3.05, 3.63) is 0 Å². The minimum absolute atomic E-state index is 0.341. The van der Waals surface area contributed by atoms with Gasteiger partial charge >= 0.3 is 0 Å². The van der Waals surface area contributed by atoms with Crippen molar-refractivity contribution in [1.29, 1.82) is 0 Å². The van der Waals surface area contributed by atoms with Gasteiger partial charge in [-0.25, -0.2) is 0 Å². The molecule has 0 aromatic carbocycles. The second-order valence-electron chi connectivity index (χ2n) is 5.85. The molecule has 1 aliphatic rings. The molecule has 0 aromatic rings. The molecule has 0 heterocycles. The van der Waals surface area contributed by atoms with Crippen molar-refractivity contribution < 1.29 is 4.79 Å². The Hall–Kier alpha value is -0.530. The fourth-order valence-corrected chi connectivity index (χ4v) is 2.42. The van der Waals surface area contributed by atoms with E-state index in [1.807, 2.05) is 11.9 Å². The maximum atomic E-state index is 12.0. The molecule has 2 heteroatoms. The standard InChI is InChI=1S/C14H27NO/c1-11(2)5-10-14(16)15(4)13-8-6-12(3)7-9-13/h11-13H,5-10H2,1-4H3. The van der Waals surface area contributed by atoms with Crippen LogP contribution in [0.2, 0.25) is 0 Å². The summed E-state index contributed by atoms with van der Waals surface area (Å²) < 4.78 is 0. The molecule has 2 nitrogen and oxygen atoms in total. The van der Waals surface area contributed by atoms with Crippen LogP contribution in [0.1, 0.15) is 59.3 Å². The molecular weight excluding hydrogens is 198 g/mol. The quantitative estimate of drug-likeness (QED) is 0.717. The van der Waals surface area contributed by atoms with Crippen LogP contribution in [0.3, 0.4) is 0 Å². The highest BCUT2D eigenvalue weighted by Gasteiger charge is 2.24. The first-order valence-electron chi connectivity index (χ1n) is 6.76. The van der Waals surface area contributed by atoms with E-state index in [4.69, 9.17) is 0 Å². The minimum Gasteiger partial charge on any atom is -0.343 e. The first kappa shape index (κ1) is 13.5. The lowest BCUT2D eigenvalue weighted by Gasteiger charge is -2.33. The molecule has 1 amide bonds. The number of rotatable bonds is 4. The van der Waals surface area contributed by atoms with Crippen LogP contribution in [-0.2, 0) is 4.79 Å². The van der Waals surface area contributed by atoms with Gasteiger partial charge < -0.3 is 4.90 Å². The van der Waals surface area contributed by atoms with E-state index in [-0.39, 0.29) is 0 Å². The van der Waals surface area contributed by atoms with Crippen LogP contribution in [-0.4, -0.2) is 23.9 Å². The van der Waals surface area contributed by atoms with Gasteiger partial charge in [-0.1, -0.05) is 20.8 Å². The smallest absolute Gasteiger partial charge is 0.222 e. The van der Waals surface area contributed by atoms with Crippen molar-refractivity contribution in [2.75, 3.05) is 7.05 Å². The van der Waals surface area contributed by atoms with Crippen LogP contribution in [0, 0.1) is 11.8 Å². The molecule has 0 saturated heterocycles. The van der Waals surface area contributed by atoms with E-state index in [1.165, 1.54) is 25.7 Å². The third-order valence-corrected chi connectivity index (χ3v) is 3.86. The molecule has 0 aliphatic heterocycles. The Labute approximate surface area is 100 Å². The van der Waals surface area contributed by atoms with Crippen molar-refractivity contribution in [3.63, 3.8) is 0 Å². The first-order chi connectivity index (χ1) is 7.50. The fourth-order valence-electron chi connectivity index (χ4n) is 2.42. The third kappa shape index (κ3) is 4.15. The topological polar surface area (TPSA) is 20.3 Å². The SMILES string of the molecule is CC(C)CCC(=O)N(C)C1CCC(C)CC1. The lowest BCUT2D eigenvalue weighted by Crippen LogP contribution is -2.39. The largest absolute Gasteiger partial charge is 0.343 e. The average molecular weight is 225 g/mol. The predicted molar refractivity (Wildman–Crippen MR) is 68.3 cm³/mol. The number of carbonyl (C=O) groups is 1. The molecule has 0 spiro atoms. The Morgan fingerprint density at radius 1 is 1.25 bits per heavy atom. The first-order valence-corrected chi connectivity index (χ1v) is 6.76. The Morgan fingerprint density at radius 2 is 1.81 bits per heavy atom. The van der Waals surface area contributed by atoms with Crippen LogP contribution in [0.5, 0.6) is 0 Å². The van der Waals surface area contributed by atoms with E-state index < -0.39 is 0 Å². The zero-order valence-electron chi connectivity index (χ0n) is 11.3. The molecule has 0 N–H and O–H groups in total. The van der Waals surface area contributed by atoms with Crippen LogP contribution in [0.4, 0.5) is 0 Å². The number of amides is 1. The Balaban J connectivity index is 2.32. The van der Waals surface area contributed by atoms with Crippen molar-refractivity contribution in [2.45, 2.75) is 65.3 Å². The molecule has 0 atom stereocenters. The highest BCUT2D eigenvalue weighted by Crippen LogP contribution is 2.26. The van der Waals surface area contributed by atoms with Gasteiger partial charge in [0.1, 0.15) is 0 Å². The molecule has 1 fully saturated rings. The van der Waals surface area contributed by atoms with Crippen LogP contribution < -0.4 is 0 Å². The van der Waals surface area contributed by atoms with Gasteiger partial charge in [0.25, 0.3) is 0 Å². The van der Waals surface area contributed by atoms with E-state index in [1.54, 1.807) is 0 Å². The molecule has 94 valence electrons. The van der Waals surface area contributed by atoms with Gasteiger partial charge in [-0.15, -0.1) is 0 Å². The van der Waals surface area contributed by atoms with Crippen LogP contribution >= 0.6 is 0 Å². The van der Waals surface area contributed by atoms with E-state index in [0.717, 1.165) is 18.8 Å². The lowest BCUT2D eigenvalue weighted by atomic mass is 9.86. The molecule has 1 rings (SSSR count). The summed E-state index contributed by atoms with van der Waals surface area (Å²) in [4.78, 5) is 14.0. The number of hydrogen-bond donors (Lipinski definition) is 0. The number of nitrogens with zero attached hydrogens (tertiary/aromatic N) is 1. The summed E-state index contributed by atoms with van der Waals surface area (Å²) in [5, 5.41) is 0. The lowest BCUT2D eigenvalue weighted by molar-refractivity contribution is -0.133. The summed E-state index contributed by atoms with van der Waals surface area (Å²) in [5.41, 5.74) is 0. The Morgan fingerprint density at radius 3 is 2.31 bits per heavy atom. The highest BCUT2D eigenvalue weighted by atomic mass is 16.2. The van der Waals surface area contributed by atoms with E-state index in [9.17, 15) is 4.79 Å². The third-order valence-electron chi connectivity index (χ3n) is 3.86. The summed E-state index contributed by atoms with van der Waals surface area (Å²) in [5.74, 6) is 1.83. The van der Waals surface area contributed by atoms with Crippen molar-refractivity contribution >= 4 is 5.91 Å². The van der Waals surface area contributed by atoms with Crippen LogP contribution in [0.25, 0.3) is 0 Å². The highest BCUT2D eigenvalue weighted by molar-refractivity contribution is 5.76. The molecular formula is C14H27NO. The summed E-state index contributed by atoms with van der Waals surface area (Å²) in [6.07, 6.45) is 6.71. The summed E-state index contributed by atoms with van der Waals surface area (Å²) in [6.45, 7) is 6.67. The summed E-state index contributed by atoms with van der Waals surface area (Å²) in [6, 6.07) is 0.510. The molecule has 16 heavy (non-hydrogen) atoms. The van der Waals surface area contributed by atoms with Crippen molar-refractivity contribution in [2.24, 2.45) is 11.8 Å². The van der Waals surface area contributed by atoms with E-state index in [2.05, 4.69) is 20.8 Å². The van der Waals surface area contributed by atoms with Gasteiger partial charge in [0.05, 0.1) is 0 Å². The van der Waals surface area contributed by atoms with E-state index in [0.29, 0.717) is 17.9 Å². The van der Waals surface area contributed by atoms with Gasteiger partial charge in [0.15, 0.2) is 0 Å². The molecule has 1 saturated carbocycles. The zero-order chi connectivity index (χ0) is 12.1. The van der Waals surface area contributed by atoms with Crippen LogP contribution in [0.15, 0.2) is 0 Å². The van der Waals surface area contributed by atoms with Gasteiger partial charge in [0.2, 0.25) is 5.91 Å². The predicted octanol–water partition coefficient (Wildman–Crippen LogP) is 3.46. The molecule has 0 radical (unpaired) electrons. The van der Waals surface area contributed by atoms with Gasteiger partial charge in [0, 0.05) is 19.5 Å². The van der Waals surface area contributed by atoms with Gasteiger partial charge in [-0.05, 0) is 43.9 Å². The molecule has 0 bridgehead atoms. The second kappa shape index (κ2) is 6.27. The Kier molecular flexibility index (Phi) is 5.30. The monoisotopic (exact) mass is 225 g/mol. The van der Waals surface area contributed by atoms with Crippen molar-refractivity contribution in [1.82, 2.24) is 4.90 Å². The molecule has 1 aliphatic carbocycles. The maximum Gasteiger partial charge on any atom is 0.222 e. The summed E-state index contributed by atoms with van der Waals surface area (Å²) in [7, 11) is 1.99. The van der Waals surface area contributed by atoms with Crippen molar-refractivity contribution in [3.8, 4) is 0 Å². The van der Waals surface area contributed by atoms with Gasteiger partial charge in [-0.3, -0.25) is 4.79 Å². The number of carbonyl (C=O) groups excluding carboxylic acids is 1. The molecule has 0 unspecified atom stereocenters. The normalized spacial score (nSPS) is 25.8. The summed E-state index contributed by atoms with van der Waals surface area (Å²) >= 11 is 0. The van der Waals surface area contributed by atoms with E-state index >= 15 is 0 Å². The molecule has 0 aromatic heterocycles. The average Bonchev–Trinajstić information content (AvgIpc) is 2.26. The number of hydrogen-bond acceptors (Lipinski definition) is 1. The Bertz CT molecular complexity index is 217. The second-order valence-corrected chi connectivity index (χ2v) is 5.85. The van der Waals surface area contributed by atoms with Gasteiger partial charge in [-0.2, -0.15) is 0 Å². The zero-order valence-corrected chi connectivity index (χ0v) is 11.3. The minimum atomic E-state index is 0.341. The maximum absolute atomic E-state index is 12.0. The fraction of sp³-hybridized carbons (Fsp3) is 0.929.